The molecule has 0 amide bonds. The zero-order valence-corrected chi connectivity index (χ0v) is 18.9. The minimum Gasteiger partial charge on any atom is -0.355 e. The van der Waals surface area contributed by atoms with Crippen molar-refractivity contribution in [2.24, 2.45) is 5.41 Å². The molecule has 3 aromatic rings. The Morgan fingerprint density at radius 1 is 1.03 bits per heavy atom. The summed E-state index contributed by atoms with van der Waals surface area (Å²) in [5.41, 5.74) is 10.2. The number of benzene rings is 2. The fourth-order valence-electron chi connectivity index (χ4n) is 4.35. The van der Waals surface area contributed by atoms with Crippen LogP contribution >= 0.6 is 0 Å². The lowest BCUT2D eigenvalue weighted by molar-refractivity contribution is 0.177. The molecule has 0 bridgehead atoms. The average Bonchev–Trinajstić information content (AvgIpc) is 2.69. The summed E-state index contributed by atoms with van der Waals surface area (Å²) in [7, 11) is 0. The smallest absolute Gasteiger partial charge is 0.0705 e. The van der Waals surface area contributed by atoms with Crippen LogP contribution in [0.1, 0.15) is 43.0 Å². The van der Waals surface area contributed by atoms with Crippen molar-refractivity contribution in [3.8, 4) is 11.3 Å². The van der Waals surface area contributed by atoms with E-state index in [1.54, 1.807) is 0 Å². The summed E-state index contributed by atoms with van der Waals surface area (Å²) in [6, 6.07) is 17.5. The fraction of sp³-hybridized carbons (Fsp3) is 0.370. The second-order valence-electron chi connectivity index (χ2n) is 9.84. The monoisotopic (exact) mass is 399 g/mol. The molecule has 3 nitrogen and oxygen atoms in total. The van der Waals surface area contributed by atoms with Crippen molar-refractivity contribution < 1.29 is 0 Å². The van der Waals surface area contributed by atoms with E-state index in [0.717, 1.165) is 37.4 Å². The lowest BCUT2D eigenvalue weighted by Gasteiger charge is -2.34. The van der Waals surface area contributed by atoms with Gasteiger partial charge in [-0.3, -0.25) is 9.88 Å². The Bertz CT molecular complexity index is 1030. The molecule has 4 rings (SSSR count). The van der Waals surface area contributed by atoms with Crippen molar-refractivity contribution in [3.05, 3.63) is 77.0 Å². The van der Waals surface area contributed by atoms with Crippen molar-refractivity contribution in [2.75, 3.05) is 18.4 Å². The highest BCUT2D eigenvalue weighted by Gasteiger charge is 2.22. The number of anilines is 2. The molecular formula is C27H33N3. The van der Waals surface area contributed by atoms with Crippen molar-refractivity contribution in [2.45, 2.75) is 47.6 Å². The van der Waals surface area contributed by atoms with Crippen molar-refractivity contribution in [1.29, 1.82) is 0 Å². The minimum atomic E-state index is 0.329. The molecule has 0 radical (unpaired) electrons. The predicted octanol–water partition coefficient (Wildman–Crippen LogP) is 6.51. The molecule has 0 saturated heterocycles. The Balaban J connectivity index is 1.58. The zero-order chi connectivity index (χ0) is 21.3. The summed E-state index contributed by atoms with van der Waals surface area (Å²) < 4.78 is 0. The topological polar surface area (TPSA) is 28.2 Å². The maximum Gasteiger partial charge on any atom is 0.0705 e. The maximum absolute atomic E-state index is 4.63. The van der Waals surface area contributed by atoms with Crippen LogP contribution in [0.25, 0.3) is 11.3 Å². The van der Waals surface area contributed by atoms with Gasteiger partial charge in [-0.2, -0.15) is 0 Å². The summed E-state index contributed by atoms with van der Waals surface area (Å²) in [6.07, 6.45) is 3.03. The van der Waals surface area contributed by atoms with E-state index in [0.29, 0.717) is 5.41 Å². The first-order valence-corrected chi connectivity index (χ1v) is 10.9. The molecular weight excluding hydrogens is 366 g/mol. The molecule has 1 aliphatic rings. The third-order valence-corrected chi connectivity index (χ3v) is 5.75. The van der Waals surface area contributed by atoms with Crippen LogP contribution in [0.4, 0.5) is 11.4 Å². The number of hydrogen-bond acceptors (Lipinski definition) is 3. The highest BCUT2D eigenvalue weighted by molar-refractivity contribution is 5.73. The van der Waals surface area contributed by atoms with Gasteiger partial charge in [0.2, 0.25) is 0 Å². The molecule has 0 unspecified atom stereocenters. The van der Waals surface area contributed by atoms with Gasteiger partial charge in [0.25, 0.3) is 0 Å². The van der Waals surface area contributed by atoms with Gasteiger partial charge in [-0.25, -0.2) is 0 Å². The molecule has 1 aromatic heterocycles. The quantitative estimate of drug-likeness (QED) is 0.542. The van der Waals surface area contributed by atoms with E-state index in [-0.39, 0.29) is 0 Å². The molecule has 0 saturated carbocycles. The molecule has 2 aromatic carbocycles. The average molecular weight is 400 g/mol. The first-order chi connectivity index (χ1) is 14.3. The van der Waals surface area contributed by atoms with Gasteiger partial charge in [-0.1, -0.05) is 45.0 Å². The number of aromatic nitrogens is 1. The summed E-state index contributed by atoms with van der Waals surface area (Å²) in [5.74, 6) is 0. The molecule has 0 aliphatic carbocycles. The van der Waals surface area contributed by atoms with Crippen molar-refractivity contribution in [3.63, 3.8) is 0 Å². The number of fused-ring (bicyclic) bond motifs is 1. The van der Waals surface area contributed by atoms with E-state index in [2.05, 4.69) is 98.4 Å². The van der Waals surface area contributed by atoms with Crippen LogP contribution in [-0.2, 0) is 13.0 Å². The molecule has 1 aliphatic heterocycles. The summed E-state index contributed by atoms with van der Waals surface area (Å²) in [4.78, 5) is 7.21. The van der Waals surface area contributed by atoms with Crippen LogP contribution in [-0.4, -0.2) is 23.0 Å². The molecule has 2 heterocycles. The Labute approximate surface area is 181 Å². The second-order valence-corrected chi connectivity index (χ2v) is 9.84. The van der Waals surface area contributed by atoms with Crippen LogP contribution in [0, 0.1) is 19.3 Å². The van der Waals surface area contributed by atoms with Gasteiger partial charge in [0.15, 0.2) is 0 Å². The lowest BCUT2D eigenvalue weighted by Crippen LogP contribution is -2.37. The summed E-state index contributed by atoms with van der Waals surface area (Å²) >= 11 is 0. The first kappa shape index (κ1) is 20.6. The van der Waals surface area contributed by atoms with Crippen LogP contribution in [0.3, 0.4) is 0 Å². The van der Waals surface area contributed by atoms with Gasteiger partial charge in [0, 0.05) is 42.8 Å². The number of rotatable bonds is 4. The number of nitrogens with one attached hydrogen (secondary N) is 1. The normalized spacial score (nSPS) is 14.4. The molecule has 0 atom stereocenters. The first-order valence-electron chi connectivity index (χ1n) is 10.9. The Hall–Kier alpha value is -2.65. The van der Waals surface area contributed by atoms with E-state index in [9.17, 15) is 0 Å². The minimum absolute atomic E-state index is 0.329. The number of nitrogens with zero attached hydrogens (tertiary/aromatic N) is 2. The van der Waals surface area contributed by atoms with Crippen LogP contribution in [0.5, 0.6) is 0 Å². The Kier molecular flexibility index (Phi) is 5.66. The number of pyridine rings is 1. The second kappa shape index (κ2) is 8.23. The van der Waals surface area contributed by atoms with Gasteiger partial charge < -0.3 is 5.32 Å². The summed E-state index contributed by atoms with van der Waals surface area (Å²) in [6.45, 7) is 14.5. The van der Waals surface area contributed by atoms with Gasteiger partial charge in [-0.05, 0) is 72.2 Å². The standard InChI is InChI=1S/C27H33N3/c1-19-9-12-25(28-16-19)24-15-22(11-10-20(24)2)29-26-8-6-7-21-17-30(14-13-23(21)26)18-27(3,4)5/h6-12,15-16,29H,13-14,17-18H2,1-5H3. The molecule has 30 heavy (non-hydrogen) atoms. The van der Waals surface area contributed by atoms with Gasteiger partial charge in [0.05, 0.1) is 5.69 Å². The van der Waals surface area contributed by atoms with Crippen LogP contribution < -0.4 is 5.32 Å². The van der Waals surface area contributed by atoms with Crippen LogP contribution in [0.15, 0.2) is 54.7 Å². The van der Waals surface area contributed by atoms with E-state index < -0.39 is 0 Å². The van der Waals surface area contributed by atoms with E-state index >= 15 is 0 Å². The highest BCUT2D eigenvalue weighted by Crippen LogP contribution is 2.32. The fourth-order valence-corrected chi connectivity index (χ4v) is 4.35. The Morgan fingerprint density at radius 2 is 1.87 bits per heavy atom. The van der Waals surface area contributed by atoms with Crippen molar-refractivity contribution in [1.82, 2.24) is 9.88 Å². The molecule has 0 spiro atoms. The number of aryl methyl sites for hydroxylation is 2. The predicted molar refractivity (Wildman–Crippen MR) is 127 cm³/mol. The van der Waals surface area contributed by atoms with Crippen molar-refractivity contribution >= 4 is 11.4 Å². The third kappa shape index (κ3) is 4.73. The highest BCUT2D eigenvalue weighted by atomic mass is 15.1. The zero-order valence-electron chi connectivity index (χ0n) is 18.9. The van der Waals surface area contributed by atoms with E-state index in [1.165, 1.54) is 33.5 Å². The SMILES string of the molecule is Cc1ccc(-c2cc(Nc3cccc4c3CCN(CC(C)(C)C)C4)ccc2C)nc1. The lowest BCUT2D eigenvalue weighted by atomic mass is 9.92. The third-order valence-electron chi connectivity index (χ3n) is 5.75. The largest absolute Gasteiger partial charge is 0.355 e. The van der Waals surface area contributed by atoms with Gasteiger partial charge in [0.1, 0.15) is 0 Å². The Morgan fingerprint density at radius 3 is 2.60 bits per heavy atom. The van der Waals surface area contributed by atoms with Crippen LogP contribution in [0.2, 0.25) is 0 Å². The maximum atomic E-state index is 4.63. The number of hydrogen-bond donors (Lipinski definition) is 1. The van der Waals surface area contributed by atoms with E-state index in [1.807, 2.05) is 6.20 Å². The molecule has 156 valence electrons. The van der Waals surface area contributed by atoms with E-state index in [4.69, 9.17) is 0 Å². The summed E-state index contributed by atoms with van der Waals surface area (Å²) in [5, 5.41) is 3.70. The molecule has 1 N–H and O–H groups in total. The molecule has 3 heteroatoms. The van der Waals surface area contributed by atoms with Gasteiger partial charge in [-0.15, -0.1) is 0 Å². The molecule has 0 fully saturated rings. The van der Waals surface area contributed by atoms with Gasteiger partial charge >= 0.3 is 0 Å².